The van der Waals surface area contributed by atoms with Crippen molar-refractivity contribution in [1.29, 1.82) is 0 Å². The van der Waals surface area contributed by atoms with E-state index in [2.05, 4.69) is 5.32 Å². The normalized spacial score (nSPS) is 12.6. The molecule has 0 aliphatic carbocycles. The van der Waals surface area contributed by atoms with E-state index in [-0.39, 0.29) is 54.4 Å². The predicted molar refractivity (Wildman–Crippen MR) is 168 cm³/mol. The minimum absolute atomic E-state index is 0. The first-order valence-electron chi connectivity index (χ1n) is 13.9. The summed E-state index contributed by atoms with van der Waals surface area (Å²) in [6.45, 7) is 3.96. The Hall–Kier alpha value is -3.60. The summed E-state index contributed by atoms with van der Waals surface area (Å²) < 4.78 is 29.3. The Balaban J connectivity index is 0.00000529. The molecule has 0 unspecified atom stereocenters. The van der Waals surface area contributed by atoms with Gasteiger partial charge in [-0.15, -0.1) is 0 Å². The molecule has 4 rings (SSSR count). The van der Waals surface area contributed by atoms with Crippen LogP contribution < -0.4 is 5.32 Å². The molecular formula is C34H35F2N2NaO5. The van der Waals surface area contributed by atoms with Crippen LogP contribution in [0.2, 0.25) is 0 Å². The van der Waals surface area contributed by atoms with Gasteiger partial charge in [0.2, 0.25) is 0 Å². The summed E-state index contributed by atoms with van der Waals surface area (Å²) in [5.74, 6) is -2.38. The Labute approximate surface area is 277 Å². The Kier molecular flexibility index (Phi) is 12.6. The zero-order chi connectivity index (χ0) is 31.1. The van der Waals surface area contributed by atoms with E-state index >= 15 is 0 Å². The topological polar surface area (TPSA) is 112 Å². The molecule has 0 radical (unpaired) electrons. The third-order valence-electron chi connectivity index (χ3n) is 6.94. The van der Waals surface area contributed by atoms with E-state index in [1.54, 1.807) is 30.3 Å². The molecule has 1 heterocycles. The Morgan fingerprint density at radius 3 is 2.00 bits per heavy atom. The van der Waals surface area contributed by atoms with Crippen molar-refractivity contribution in [2.45, 2.75) is 51.5 Å². The van der Waals surface area contributed by atoms with E-state index in [9.17, 15) is 28.6 Å². The van der Waals surface area contributed by atoms with Crippen LogP contribution in [0.3, 0.4) is 0 Å². The van der Waals surface area contributed by atoms with Crippen LogP contribution in [-0.2, 0) is 11.3 Å². The van der Waals surface area contributed by atoms with E-state index < -0.39 is 36.3 Å². The molecule has 0 aliphatic rings. The van der Waals surface area contributed by atoms with Gasteiger partial charge in [-0.1, -0.05) is 60.7 Å². The number of carbonyl (C=O) groups is 2. The average Bonchev–Trinajstić information content (AvgIpc) is 3.31. The van der Waals surface area contributed by atoms with Crippen LogP contribution in [0.15, 0.2) is 84.9 Å². The van der Waals surface area contributed by atoms with E-state index in [1.807, 2.05) is 48.7 Å². The Bertz CT molecular complexity index is 1590. The van der Waals surface area contributed by atoms with Crippen LogP contribution in [0.1, 0.15) is 54.5 Å². The zero-order valence-corrected chi connectivity index (χ0v) is 23.9. The number of amides is 1. The van der Waals surface area contributed by atoms with Gasteiger partial charge in [0.05, 0.1) is 18.6 Å². The van der Waals surface area contributed by atoms with Gasteiger partial charge >= 0.3 is 35.5 Å². The molecule has 44 heavy (non-hydrogen) atoms. The van der Waals surface area contributed by atoms with Crippen LogP contribution in [0.4, 0.5) is 8.78 Å². The monoisotopic (exact) mass is 612 g/mol. The number of rotatable bonds is 12. The molecule has 10 heteroatoms. The summed E-state index contributed by atoms with van der Waals surface area (Å²) in [6, 6.07) is 20.8. The number of aromatic nitrogens is 1. The summed E-state index contributed by atoms with van der Waals surface area (Å²) in [5.41, 5.74) is 4.19. The molecule has 4 N–H and O–H groups in total. The number of aliphatic hydroxyl groups is 2. The molecule has 1 aromatic heterocycles. The number of benzene rings is 3. The van der Waals surface area contributed by atoms with Gasteiger partial charge in [0.25, 0.3) is 5.91 Å². The van der Waals surface area contributed by atoms with Crippen molar-refractivity contribution in [1.82, 2.24) is 9.88 Å². The Morgan fingerprint density at radius 2 is 1.43 bits per heavy atom. The summed E-state index contributed by atoms with van der Waals surface area (Å²) in [5, 5.41) is 32.6. The minimum atomic E-state index is -1.25. The van der Waals surface area contributed by atoms with Crippen molar-refractivity contribution in [2.24, 2.45) is 0 Å². The van der Waals surface area contributed by atoms with Crippen molar-refractivity contribution in [3.63, 3.8) is 0 Å². The van der Waals surface area contributed by atoms with Crippen molar-refractivity contribution in [2.75, 3.05) is 0 Å². The average molecular weight is 613 g/mol. The number of carbonyl (C=O) groups excluding carboxylic acids is 1. The van der Waals surface area contributed by atoms with Crippen LogP contribution in [0, 0.1) is 11.6 Å². The number of nitrogens with one attached hydrogen (secondary N) is 1. The molecule has 7 nitrogen and oxygen atoms in total. The first-order valence-corrected chi connectivity index (χ1v) is 13.9. The van der Waals surface area contributed by atoms with Gasteiger partial charge in [-0.2, -0.15) is 0 Å². The molecule has 1 amide bonds. The van der Waals surface area contributed by atoms with E-state index in [0.29, 0.717) is 33.6 Å². The van der Waals surface area contributed by atoms with Crippen LogP contribution in [-0.4, -0.2) is 73.5 Å². The standard InChI is InChI=1S/C34H34F2N2O5.Na.H/c1-21(2)38-29(17-16-27(39)18-28(40)19-30(41)42)31(24-10-14-26(36)15-11-24)32(23-6-4-3-5-7-23)33(38)34(43)37-20-22-8-12-25(35)13-9-22;;/h3-17,21,27-28,39-40H,18-20H2,1-2H3,(H,37,43)(H,41,42);;/t27-,28-;;/m1../s1. The van der Waals surface area contributed by atoms with Crippen LogP contribution in [0.25, 0.3) is 28.3 Å². The van der Waals surface area contributed by atoms with Gasteiger partial charge in [0.15, 0.2) is 0 Å². The van der Waals surface area contributed by atoms with E-state index in [0.717, 1.165) is 5.56 Å². The Morgan fingerprint density at radius 1 is 0.864 bits per heavy atom. The fourth-order valence-electron chi connectivity index (χ4n) is 5.04. The number of carboxylic acid groups (broad SMARTS) is 1. The third-order valence-corrected chi connectivity index (χ3v) is 6.94. The molecule has 4 aromatic rings. The number of halogens is 2. The second kappa shape index (κ2) is 15.9. The molecule has 0 aliphatic heterocycles. The van der Waals surface area contributed by atoms with Gasteiger partial charge in [-0.05, 0) is 60.9 Å². The first-order chi connectivity index (χ1) is 20.5. The molecule has 0 spiro atoms. The number of carboxylic acids is 1. The van der Waals surface area contributed by atoms with Crippen molar-refractivity contribution >= 4 is 47.5 Å². The quantitative estimate of drug-likeness (QED) is 0.157. The van der Waals surface area contributed by atoms with Gasteiger partial charge in [0.1, 0.15) is 17.3 Å². The maximum atomic E-state index is 14.0. The summed E-state index contributed by atoms with van der Waals surface area (Å²) in [4.78, 5) is 25.0. The first kappa shape index (κ1) is 34.9. The van der Waals surface area contributed by atoms with Crippen molar-refractivity contribution in [3.05, 3.63) is 114 Å². The molecule has 0 saturated heterocycles. The summed E-state index contributed by atoms with van der Waals surface area (Å²) in [7, 11) is 0. The molecule has 0 saturated carbocycles. The fourth-order valence-corrected chi connectivity index (χ4v) is 5.04. The van der Waals surface area contributed by atoms with Gasteiger partial charge in [-0.25, -0.2) is 8.78 Å². The number of aliphatic carboxylic acids is 1. The maximum absolute atomic E-state index is 14.0. The van der Waals surface area contributed by atoms with Gasteiger partial charge < -0.3 is 25.2 Å². The van der Waals surface area contributed by atoms with Crippen molar-refractivity contribution in [3.8, 4) is 22.3 Å². The second-order valence-corrected chi connectivity index (χ2v) is 10.5. The number of hydrogen-bond donors (Lipinski definition) is 4. The van der Waals surface area contributed by atoms with Gasteiger partial charge in [0, 0.05) is 35.8 Å². The summed E-state index contributed by atoms with van der Waals surface area (Å²) in [6.07, 6.45) is -0.0558. The number of hydrogen-bond acceptors (Lipinski definition) is 4. The summed E-state index contributed by atoms with van der Waals surface area (Å²) >= 11 is 0. The third kappa shape index (κ3) is 8.74. The molecule has 226 valence electrons. The SMILES string of the molecule is CC(C)n1c(C=C[C@@H](O)C[C@@H](O)CC(=O)O)c(-c2ccc(F)cc2)c(-c2ccccc2)c1C(=O)NCc1ccc(F)cc1.[NaH]. The zero-order valence-electron chi connectivity index (χ0n) is 23.9. The van der Waals surface area contributed by atoms with Crippen LogP contribution >= 0.6 is 0 Å². The number of aliphatic hydroxyl groups excluding tert-OH is 2. The van der Waals surface area contributed by atoms with E-state index in [1.165, 1.54) is 30.3 Å². The predicted octanol–water partition coefficient (Wildman–Crippen LogP) is 5.56. The molecule has 0 bridgehead atoms. The molecular weight excluding hydrogens is 577 g/mol. The van der Waals surface area contributed by atoms with Gasteiger partial charge in [-0.3, -0.25) is 9.59 Å². The fraction of sp³-hybridized carbons (Fsp3) is 0.235. The molecule has 3 aromatic carbocycles. The van der Waals surface area contributed by atoms with Crippen molar-refractivity contribution < 1.29 is 33.7 Å². The molecule has 2 atom stereocenters. The number of nitrogens with zero attached hydrogens (tertiary/aromatic N) is 1. The second-order valence-electron chi connectivity index (χ2n) is 10.5. The van der Waals surface area contributed by atoms with E-state index in [4.69, 9.17) is 5.11 Å². The van der Waals surface area contributed by atoms with Crippen LogP contribution in [0.5, 0.6) is 0 Å². The molecule has 0 fully saturated rings.